The van der Waals surface area contributed by atoms with Crippen LogP contribution in [0, 0.1) is 5.41 Å². The van der Waals surface area contributed by atoms with Gasteiger partial charge in [0.2, 0.25) is 0 Å². The third-order valence-electron chi connectivity index (χ3n) is 6.34. The molecule has 1 aliphatic carbocycles. The number of aliphatic carboxylic acids is 1. The standard InChI is InChI=1S/C24H33N3O5/c1-5-17(21(29)30)27-22(31)25(15-20(28)24(2,3)4)18-13-9-10-14-19(18)26(23(27)32)16-11-7-6-8-12-16/h9-10,13-14,16-17H,5-8,11-12,15H2,1-4H3,(H,29,30). The van der Waals surface area contributed by atoms with Crippen LogP contribution in [-0.2, 0) is 9.59 Å². The summed E-state index contributed by atoms with van der Waals surface area (Å²) < 4.78 is 0. The first kappa shape index (κ1) is 23.8. The molecule has 2 aliphatic rings. The Bertz CT molecular complexity index is 901. The molecule has 1 N–H and O–H groups in total. The minimum Gasteiger partial charge on any atom is -0.480 e. The maximum Gasteiger partial charge on any atom is 0.333 e. The summed E-state index contributed by atoms with van der Waals surface area (Å²) in [4.78, 5) is 56.2. The van der Waals surface area contributed by atoms with E-state index in [4.69, 9.17) is 0 Å². The van der Waals surface area contributed by atoms with Crippen molar-refractivity contribution in [1.82, 2.24) is 4.90 Å². The molecular weight excluding hydrogens is 410 g/mol. The fraction of sp³-hybridized carbons (Fsp3) is 0.583. The predicted octanol–water partition coefficient (Wildman–Crippen LogP) is 4.67. The Morgan fingerprint density at radius 2 is 1.62 bits per heavy atom. The van der Waals surface area contributed by atoms with E-state index >= 15 is 0 Å². The van der Waals surface area contributed by atoms with E-state index in [-0.39, 0.29) is 24.8 Å². The molecule has 8 heteroatoms. The fourth-order valence-corrected chi connectivity index (χ4v) is 4.39. The molecule has 32 heavy (non-hydrogen) atoms. The van der Waals surface area contributed by atoms with Gasteiger partial charge in [-0.15, -0.1) is 0 Å². The molecule has 0 saturated heterocycles. The summed E-state index contributed by atoms with van der Waals surface area (Å²) in [5.41, 5.74) is 0.301. The van der Waals surface area contributed by atoms with Gasteiger partial charge < -0.3 is 5.11 Å². The summed E-state index contributed by atoms with van der Waals surface area (Å²) in [6.07, 6.45) is 4.66. The topological polar surface area (TPSA) is 98.2 Å². The summed E-state index contributed by atoms with van der Waals surface area (Å²) >= 11 is 0. The highest BCUT2D eigenvalue weighted by atomic mass is 16.4. The Morgan fingerprint density at radius 1 is 1.03 bits per heavy atom. The molecule has 1 heterocycles. The first-order valence-electron chi connectivity index (χ1n) is 11.4. The second-order valence-corrected chi connectivity index (χ2v) is 9.61. The average molecular weight is 444 g/mol. The second-order valence-electron chi connectivity index (χ2n) is 9.61. The van der Waals surface area contributed by atoms with Crippen molar-refractivity contribution in [3.8, 4) is 0 Å². The van der Waals surface area contributed by atoms with E-state index in [2.05, 4.69) is 0 Å². The van der Waals surface area contributed by atoms with Crippen molar-refractivity contribution in [2.45, 2.75) is 78.3 Å². The minimum absolute atomic E-state index is 0.0721. The number of carboxylic acid groups (broad SMARTS) is 1. The molecule has 1 aromatic rings. The quantitative estimate of drug-likeness (QED) is 0.689. The van der Waals surface area contributed by atoms with Gasteiger partial charge in [0.15, 0.2) is 5.78 Å². The number of carbonyl (C=O) groups excluding carboxylic acids is 3. The zero-order valence-corrected chi connectivity index (χ0v) is 19.3. The van der Waals surface area contributed by atoms with E-state index in [9.17, 15) is 24.3 Å². The van der Waals surface area contributed by atoms with Crippen LogP contribution in [0.2, 0.25) is 0 Å². The molecule has 0 aromatic heterocycles. The molecule has 1 atom stereocenters. The number of hydrogen-bond donors (Lipinski definition) is 1. The van der Waals surface area contributed by atoms with E-state index in [1.54, 1.807) is 56.9 Å². The van der Waals surface area contributed by atoms with E-state index in [1.807, 2.05) is 0 Å². The van der Waals surface area contributed by atoms with E-state index in [1.165, 1.54) is 4.90 Å². The number of anilines is 2. The molecule has 1 unspecified atom stereocenters. The number of benzene rings is 1. The van der Waals surface area contributed by atoms with Crippen molar-refractivity contribution in [2.24, 2.45) is 5.41 Å². The minimum atomic E-state index is -1.32. The Balaban J connectivity index is 2.18. The first-order chi connectivity index (χ1) is 15.1. The highest BCUT2D eigenvalue weighted by molar-refractivity contribution is 6.16. The predicted molar refractivity (Wildman–Crippen MR) is 122 cm³/mol. The van der Waals surface area contributed by atoms with Crippen LogP contribution in [0.3, 0.4) is 0 Å². The maximum absolute atomic E-state index is 13.8. The summed E-state index contributed by atoms with van der Waals surface area (Å²) in [7, 11) is 0. The van der Waals surface area contributed by atoms with Crippen LogP contribution in [0.25, 0.3) is 0 Å². The molecule has 0 bridgehead atoms. The zero-order valence-electron chi connectivity index (χ0n) is 19.3. The summed E-state index contributed by atoms with van der Waals surface area (Å²) in [5, 5.41) is 9.81. The molecular formula is C24H33N3O5. The second kappa shape index (κ2) is 9.30. The van der Waals surface area contributed by atoms with E-state index in [0.717, 1.165) is 37.0 Å². The number of para-hydroxylation sites is 2. The molecule has 1 saturated carbocycles. The van der Waals surface area contributed by atoms with Crippen molar-refractivity contribution >= 4 is 35.2 Å². The van der Waals surface area contributed by atoms with Gasteiger partial charge in [-0.1, -0.05) is 59.1 Å². The Labute approximate surface area is 189 Å². The van der Waals surface area contributed by atoms with Crippen LogP contribution in [0.5, 0.6) is 0 Å². The first-order valence-corrected chi connectivity index (χ1v) is 11.4. The number of rotatable bonds is 6. The highest BCUT2D eigenvalue weighted by Gasteiger charge is 2.46. The Morgan fingerprint density at radius 3 is 2.16 bits per heavy atom. The summed E-state index contributed by atoms with van der Waals surface area (Å²) in [6.45, 7) is 6.71. The smallest absolute Gasteiger partial charge is 0.333 e. The zero-order chi connectivity index (χ0) is 23.6. The molecule has 1 fully saturated rings. The van der Waals surface area contributed by atoms with Gasteiger partial charge in [0, 0.05) is 11.5 Å². The lowest BCUT2D eigenvalue weighted by Crippen LogP contribution is -2.58. The van der Waals surface area contributed by atoms with Crippen LogP contribution in [0.15, 0.2) is 24.3 Å². The summed E-state index contributed by atoms with van der Waals surface area (Å²) in [5.74, 6) is -1.42. The molecule has 0 radical (unpaired) electrons. The van der Waals surface area contributed by atoms with Crippen LogP contribution < -0.4 is 9.80 Å². The van der Waals surface area contributed by atoms with Gasteiger partial charge in [-0.3, -0.25) is 14.6 Å². The SMILES string of the molecule is CCC(C(=O)O)N1C(=O)N(CC(=O)C(C)(C)C)c2ccccc2N(C2CCCCC2)C1=O. The van der Waals surface area contributed by atoms with Crippen molar-refractivity contribution in [3.05, 3.63) is 24.3 Å². The van der Waals surface area contributed by atoms with Gasteiger partial charge in [-0.25, -0.2) is 19.3 Å². The maximum atomic E-state index is 13.8. The van der Waals surface area contributed by atoms with Crippen LogP contribution >= 0.6 is 0 Å². The van der Waals surface area contributed by atoms with Gasteiger partial charge in [0.05, 0.1) is 17.9 Å². The normalized spacial score (nSPS) is 18.9. The van der Waals surface area contributed by atoms with Gasteiger partial charge >= 0.3 is 18.0 Å². The van der Waals surface area contributed by atoms with Gasteiger partial charge in [-0.05, 0) is 31.4 Å². The molecule has 1 aromatic carbocycles. The number of Topliss-reactive ketones (excluding diaryl/α,β-unsaturated/α-hetero) is 1. The number of carboxylic acids is 1. The number of carbonyl (C=O) groups is 4. The Kier molecular flexibility index (Phi) is 6.91. The van der Waals surface area contributed by atoms with Crippen molar-refractivity contribution in [2.75, 3.05) is 16.3 Å². The van der Waals surface area contributed by atoms with Crippen LogP contribution in [0.1, 0.15) is 66.2 Å². The third kappa shape index (κ3) is 4.49. The fourth-order valence-electron chi connectivity index (χ4n) is 4.39. The number of fused-ring (bicyclic) bond motifs is 1. The molecule has 1 aliphatic heterocycles. The van der Waals surface area contributed by atoms with Crippen LogP contribution in [-0.4, -0.2) is 52.4 Å². The number of urea groups is 2. The lowest BCUT2D eigenvalue weighted by molar-refractivity contribution is -0.141. The molecule has 8 nitrogen and oxygen atoms in total. The van der Waals surface area contributed by atoms with Gasteiger partial charge in [0.25, 0.3) is 0 Å². The van der Waals surface area contributed by atoms with Gasteiger partial charge in [0.1, 0.15) is 6.04 Å². The van der Waals surface area contributed by atoms with E-state index < -0.39 is 29.5 Å². The number of nitrogens with zero attached hydrogens (tertiary/aromatic N) is 3. The Hall–Kier alpha value is -2.90. The largest absolute Gasteiger partial charge is 0.480 e. The lowest BCUT2D eigenvalue weighted by atomic mass is 9.90. The number of imide groups is 1. The van der Waals surface area contributed by atoms with E-state index in [0.29, 0.717) is 11.4 Å². The highest BCUT2D eigenvalue weighted by Crippen LogP contribution is 2.39. The van der Waals surface area contributed by atoms with Crippen molar-refractivity contribution in [1.29, 1.82) is 0 Å². The number of amides is 4. The van der Waals surface area contributed by atoms with Crippen molar-refractivity contribution in [3.63, 3.8) is 0 Å². The number of ketones is 1. The molecule has 174 valence electrons. The summed E-state index contributed by atoms with van der Waals surface area (Å²) in [6, 6.07) is 4.20. The average Bonchev–Trinajstić information content (AvgIpc) is 2.83. The third-order valence-corrected chi connectivity index (χ3v) is 6.34. The number of hydrogen-bond acceptors (Lipinski definition) is 4. The van der Waals surface area contributed by atoms with Gasteiger partial charge in [-0.2, -0.15) is 0 Å². The monoisotopic (exact) mass is 443 g/mol. The molecule has 3 rings (SSSR count). The van der Waals surface area contributed by atoms with Crippen LogP contribution in [0.4, 0.5) is 21.0 Å². The molecule has 0 spiro atoms. The molecule has 4 amide bonds. The van der Waals surface area contributed by atoms with Crippen molar-refractivity contribution < 1.29 is 24.3 Å². The lowest BCUT2D eigenvalue weighted by Gasteiger charge is -2.36.